The van der Waals surface area contributed by atoms with Gasteiger partial charge in [-0.1, -0.05) is 23.8 Å². The van der Waals surface area contributed by atoms with Gasteiger partial charge in [0.2, 0.25) is 6.79 Å². The van der Waals surface area contributed by atoms with Crippen LogP contribution in [0.3, 0.4) is 0 Å². The number of ether oxygens (including phenoxy) is 3. The van der Waals surface area contributed by atoms with Gasteiger partial charge in [-0.25, -0.2) is 0 Å². The van der Waals surface area contributed by atoms with E-state index < -0.39 is 0 Å². The minimum Gasteiger partial charge on any atom is -0.492 e. The summed E-state index contributed by atoms with van der Waals surface area (Å²) in [4.78, 5) is 5.03. The fraction of sp³-hybridized carbons (Fsp3) is 0.455. The third kappa shape index (κ3) is 4.93. The molecule has 2 aromatic rings. The second-order valence-corrected chi connectivity index (χ2v) is 7.28. The number of rotatable bonds is 7. The van der Waals surface area contributed by atoms with Crippen LogP contribution in [-0.2, 0) is 6.42 Å². The van der Waals surface area contributed by atoms with Crippen molar-refractivity contribution in [1.29, 1.82) is 0 Å². The van der Waals surface area contributed by atoms with E-state index in [1.54, 1.807) is 0 Å². The predicted octanol–water partition coefficient (Wildman–Crippen LogP) is 2.96. The molecule has 2 heterocycles. The van der Waals surface area contributed by atoms with Gasteiger partial charge >= 0.3 is 0 Å². The Morgan fingerprint density at radius 2 is 1.56 bits per heavy atom. The summed E-state index contributed by atoms with van der Waals surface area (Å²) < 4.78 is 16.7. The Hall–Kier alpha value is -2.24. The van der Waals surface area contributed by atoms with E-state index in [0.717, 1.165) is 69.5 Å². The summed E-state index contributed by atoms with van der Waals surface area (Å²) in [6.07, 6.45) is 1.05. The molecule has 0 aromatic heterocycles. The number of fused-ring (bicyclic) bond motifs is 1. The van der Waals surface area contributed by atoms with Gasteiger partial charge in [0.05, 0.1) is 0 Å². The lowest BCUT2D eigenvalue weighted by atomic mass is 10.1. The molecule has 5 nitrogen and oxygen atoms in total. The van der Waals surface area contributed by atoms with Gasteiger partial charge < -0.3 is 19.1 Å². The van der Waals surface area contributed by atoms with Crippen LogP contribution in [-0.4, -0.2) is 62.5 Å². The zero-order valence-corrected chi connectivity index (χ0v) is 16.0. The molecule has 1 fully saturated rings. The van der Waals surface area contributed by atoms with E-state index >= 15 is 0 Å². The third-order valence-electron chi connectivity index (χ3n) is 5.32. The van der Waals surface area contributed by atoms with Crippen molar-refractivity contribution in [3.63, 3.8) is 0 Å². The Morgan fingerprint density at radius 3 is 2.33 bits per heavy atom. The molecule has 0 spiro atoms. The van der Waals surface area contributed by atoms with Crippen LogP contribution < -0.4 is 14.2 Å². The molecule has 0 saturated carbocycles. The molecule has 0 amide bonds. The molecule has 0 unspecified atom stereocenters. The minimum atomic E-state index is 0.342. The Balaban J connectivity index is 1.14. The second kappa shape index (κ2) is 8.63. The van der Waals surface area contributed by atoms with Crippen LogP contribution in [0.2, 0.25) is 0 Å². The lowest BCUT2D eigenvalue weighted by Gasteiger charge is -2.34. The lowest BCUT2D eigenvalue weighted by molar-refractivity contribution is 0.118. The number of hydrogen-bond acceptors (Lipinski definition) is 5. The van der Waals surface area contributed by atoms with Gasteiger partial charge in [-0.3, -0.25) is 4.90 Å². The van der Waals surface area contributed by atoms with Crippen molar-refractivity contribution in [1.82, 2.24) is 9.80 Å². The van der Waals surface area contributed by atoms with E-state index in [4.69, 9.17) is 14.2 Å². The number of aryl methyl sites for hydroxylation is 1. The predicted molar refractivity (Wildman–Crippen MR) is 106 cm³/mol. The molecular weight excluding hydrogens is 340 g/mol. The number of piperazine rings is 1. The van der Waals surface area contributed by atoms with Gasteiger partial charge in [0.25, 0.3) is 0 Å². The van der Waals surface area contributed by atoms with Gasteiger partial charge in [-0.05, 0) is 43.2 Å². The maximum atomic E-state index is 5.86. The molecule has 27 heavy (non-hydrogen) atoms. The number of nitrogens with zero attached hydrogens (tertiary/aromatic N) is 2. The van der Waals surface area contributed by atoms with Crippen LogP contribution in [0.5, 0.6) is 17.2 Å². The lowest BCUT2D eigenvalue weighted by Crippen LogP contribution is -2.47. The fourth-order valence-corrected chi connectivity index (χ4v) is 3.55. The van der Waals surface area contributed by atoms with Crippen LogP contribution >= 0.6 is 0 Å². The molecule has 2 aromatic carbocycles. The Morgan fingerprint density at radius 1 is 0.852 bits per heavy atom. The maximum Gasteiger partial charge on any atom is 0.231 e. The molecule has 4 rings (SSSR count). The van der Waals surface area contributed by atoms with Gasteiger partial charge in [0.15, 0.2) is 11.5 Å². The summed E-state index contributed by atoms with van der Waals surface area (Å²) in [6.45, 7) is 9.72. The van der Waals surface area contributed by atoms with Crippen molar-refractivity contribution < 1.29 is 14.2 Å². The highest BCUT2D eigenvalue weighted by molar-refractivity contribution is 5.44. The first-order valence-electron chi connectivity index (χ1n) is 9.79. The molecule has 0 atom stereocenters. The third-order valence-corrected chi connectivity index (χ3v) is 5.32. The zero-order chi connectivity index (χ0) is 18.5. The average molecular weight is 368 g/mol. The van der Waals surface area contributed by atoms with E-state index in [1.807, 2.05) is 18.2 Å². The van der Waals surface area contributed by atoms with Crippen molar-refractivity contribution in [3.05, 3.63) is 53.6 Å². The highest BCUT2D eigenvalue weighted by atomic mass is 16.7. The summed E-state index contributed by atoms with van der Waals surface area (Å²) in [7, 11) is 0. The molecule has 2 aliphatic heterocycles. The standard InChI is InChI=1S/C22H28N2O3/c1-18-2-5-20(6-3-18)25-15-14-24-12-10-23(11-13-24)9-8-19-4-7-21-22(16-19)27-17-26-21/h2-7,16H,8-15,17H2,1H3. The molecule has 144 valence electrons. The summed E-state index contributed by atoms with van der Waals surface area (Å²) in [5.41, 5.74) is 2.58. The number of hydrogen-bond donors (Lipinski definition) is 0. The summed E-state index contributed by atoms with van der Waals surface area (Å²) >= 11 is 0. The monoisotopic (exact) mass is 368 g/mol. The van der Waals surface area contributed by atoms with E-state index in [-0.39, 0.29) is 0 Å². The quantitative estimate of drug-likeness (QED) is 0.751. The molecule has 0 bridgehead atoms. The van der Waals surface area contributed by atoms with E-state index in [0.29, 0.717) is 6.79 Å². The molecular formula is C22H28N2O3. The zero-order valence-electron chi connectivity index (χ0n) is 16.0. The van der Waals surface area contributed by atoms with E-state index in [2.05, 4.69) is 41.0 Å². The van der Waals surface area contributed by atoms with E-state index in [9.17, 15) is 0 Å². The highest BCUT2D eigenvalue weighted by Crippen LogP contribution is 2.32. The van der Waals surface area contributed by atoms with Crippen molar-refractivity contribution in [2.24, 2.45) is 0 Å². The van der Waals surface area contributed by atoms with Crippen molar-refractivity contribution in [3.8, 4) is 17.2 Å². The molecule has 1 saturated heterocycles. The summed E-state index contributed by atoms with van der Waals surface area (Å²) in [5.74, 6) is 2.70. The Kier molecular flexibility index (Phi) is 5.80. The maximum absolute atomic E-state index is 5.86. The van der Waals surface area contributed by atoms with Gasteiger partial charge in [-0.2, -0.15) is 0 Å². The second-order valence-electron chi connectivity index (χ2n) is 7.28. The van der Waals surface area contributed by atoms with Crippen LogP contribution in [0.25, 0.3) is 0 Å². The smallest absolute Gasteiger partial charge is 0.231 e. The molecule has 0 radical (unpaired) electrons. The molecule has 0 aliphatic carbocycles. The van der Waals surface area contributed by atoms with Gasteiger partial charge in [0.1, 0.15) is 12.4 Å². The van der Waals surface area contributed by atoms with E-state index in [1.165, 1.54) is 11.1 Å². The average Bonchev–Trinajstić information content (AvgIpc) is 3.17. The SMILES string of the molecule is Cc1ccc(OCCN2CCN(CCc3ccc4c(c3)OCO4)CC2)cc1. The highest BCUT2D eigenvalue weighted by Gasteiger charge is 2.17. The summed E-state index contributed by atoms with van der Waals surface area (Å²) in [5, 5.41) is 0. The fourth-order valence-electron chi connectivity index (χ4n) is 3.55. The van der Waals surface area contributed by atoms with Crippen molar-refractivity contribution >= 4 is 0 Å². The van der Waals surface area contributed by atoms with Gasteiger partial charge in [0, 0.05) is 39.3 Å². The number of benzene rings is 2. The van der Waals surface area contributed by atoms with Crippen LogP contribution in [0.1, 0.15) is 11.1 Å². The van der Waals surface area contributed by atoms with Crippen molar-refractivity contribution in [2.45, 2.75) is 13.3 Å². The van der Waals surface area contributed by atoms with Gasteiger partial charge in [-0.15, -0.1) is 0 Å². The summed E-state index contributed by atoms with van der Waals surface area (Å²) in [6, 6.07) is 14.5. The Labute approximate surface area is 161 Å². The molecule has 5 heteroatoms. The van der Waals surface area contributed by atoms with Crippen molar-refractivity contribution in [2.75, 3.05) is 52.7 Å². The largest absolute Gasteiger partial charge is 0.492 e. The first-order valence-corrected chi connectivity index (χ1v) is 9.79. The molecule has 0 N–H and O–H groups in total. The van der Waals surface area contributed by atoms with Crippen LogP contribution in [0, 0.1) is 6.92 Å². The Bertz CT molecular complexity index is 740. The molecule has 2 aliphatic rings. The first kappa shape index (κ1) is 18.1. The van der Waals surface area contributed by atoms with Crippen LogP contribution in [0.4, 0.5) is 0 Å². The minimum absolute atomic E-state index is 0.342. The normalized spacial score (nSPS) is 17.2. The van der Waals surface area contributed by atoms with Crippen LogP contribution in [0.15, 0.2) is 42.5 Å². The topological polar surface area (TPSA) is 34.2 Å². The first-order chi connectivity index (χ1) is 13.3.